The lowest BCUT2D eigenvalue weighted by Gasteiger charge is -2.28. The molecule has 2 heteroatoms. The molecule has 0 spiro atoms. The maximum atomic E-state index is 3.57. The van der Waals surface area contributed by atoms with E-state index in [0.29, 0.717) is 12.0 Å². The third kappa shape index (κ3) is 4.96. The van der Waals surface area contributed by atoms with Crippen molar-refractivity contribution in [1.29, 1.82) is 0 Å². The molecule has 2 nitrogen and oxygen atoms in total. The van der Waals surface area contributed by atoms with Crippen molar-refractivity contribution in [2.45, 2.75) is 45.1 Å². The van der Waals surface area contributed by atoms with Gasteiger partial charge in [0.25, 0.3) is 0 Å². The van der Waals surface area contributed by atoms with Crippen LogP contribution in [0.2, 0.25) is 0 Å². The minimum absolute atomic E-state index is 0.669. The third-order valence-corrected chi connectivity index (χ3v) is 4.27. The molecule has 106 valence electrons. The topological polar surface area (TPSA) is 15.3 Å². The van der Waals surface area contributed by atoms with Gasteiger partial charge in [0, 0.05) is 6.04 Å². The molecule has 2 atom stereocenters. The maximum absolute atomic E-state index is 3.57. The smallest absolute Gasteiger partial charge is 0.00509 e. The van der Waals surface area contributed by atoms with Crippen LogP contribution in [0, 0.1) is 0 Å². The van der Waals surface area contributed by atoms with Crippen molar-refractivity contribution in [3.05, 3.63) is 35.9 Å². The molecule has 1 fully saturated rings. The summed E-state index contributed by atoms with van der Waals surface area (Å²) in [6.45, 7) is 9.56. The standard InChI is InChI=1S/C17H28N2/c1-15(17-7-4-3-5-8-17)9-13-19-12-6-11-18-16(2)10-14-19/h3-5,7-8,15-16,18H,6,9-14H2,1-2H3. The summed E-state index contributed by atoms with van der Waals surface area (Å²) in [7, 11) is 0. The Hall–Kier alpha value is -0.860. The van der Waals surface area contributed by atoms with Crippen molar-refractivity contribution in [1.82, 2.24) is 10.2 Å². The molecule has 0 aromatic heterocycles. The Labute approximate surface area is 118 Å². The molecule has 2 rings (SSSR count). The van der Waals surface area contributed by atoms with Crippen LogP contribution in [0.25, 0.3) is 0 Å². The fourth-order valence-corrected chi connectivity index (χ4v) is 2.79. The summed E-state index contributed by atoms with van der Waals surface area (Å²) in [6, 6.07) is 11.6. The molecule has 1 heterocycles. The van der Waals surface area contributed by atoms with Crippen LogP contribution in [-0.4, -0.2) is 37.1 Å². The molecule has 0 saturated carbocycles. The molecule has 1 aromatic rings. The van der Waals surface area contributed by atoms with Gasteiger partial charge in [-0.1, -0.05) is 37.3 Å². The average Bonchev–Trinajstić information content (AvgIpc) is 2.43. The van der Waals surface area contributed by atoms with Crippen molar-refractivity contribution in [3.8, 4) is 0 Å². The lowest BCUT2D eigenvalue weighted by atomic mass is 9.97. The molecule has 1 aliphatic rings. The number of nitrogens with zero attached hydrogens (tertiary/aromatic N) is 1. The summed E-state index contributed by atoms with van der Waals surface area (Å²) >= 11 is 0. The van der Waals surface area contributed by atoms with Gasteiger partial charge < -0.3 is 10.2 Å². The fraction of sp³-hybridized carbons (Fsp3) is 0.647. The normalized spacial score (nSPS) is 23.6. The quantitative estimate of drug-likeness (QED) is 0.894. The highest BCUT2D eigenvalue weighted by molar-refractivity contribution is 5.18. The van der Waals surface area contributed by atoms with Gasteiger partial charge in [0.05, 0.1) is 0 Å². The Morgan fingerprint density at radius 1 is 1.26 bits per heavy atom. The summed E-state index contributed by atoms with van der Waals surface area (Å²) in [4.78, 5) is 2.65. The zero-order valence-electron chi connectivity index (χ0n) is 12.4. The van der Waals surface area contributed by atoms with E-state index in [1.54, 1.807) is 0 Å². The van der Waals surface area contributed by atoms with E-state index in [9.17, 15) is 0 Å². The SMILES string of the molecule is CC1CCN(CCC(C)c2ccccc2)CCCN1. The first kappa shape index (κ1) is 14.5. The Morgan fingerprint density at radius 2 is 2.05 bits per heavy atom. The van der Waals surface area contributed by atoms with Crippen molar-refractivity contribution < 1.29 is 0 Å². The number of hydrogen-bond donors (Lipinski definition) is 1. The van der Waals surface area contributed by atoms with E-state index in [0.717, 1.165) is 0 Å². The van der Waals surface area contributed by atoms with Crippen LogP contribution in [0.5, 0.6) is 0 Å². The molecule has 1 aromatic carbocycles. The Morgan fingerprint density at radius 3 is 2.84 bits per heavy atom. The first-order chi connectivity index (χ1) is 9.25. The third-order valence-electron chi connectivity index (χ3n) is 4.27. The van der Waals surface area contributed by atoms with Gasteiger partial charge in [-0.05, 0) is 63.8 Å². The van der Waals surface area contributed by atoms with Crippen molar-refractivity contribution in [2.24, 2.45) is 0 Å². The Balaban J connectivity index is 1.77. The molecule has 0 radical (unpaired) electrons. The molecular formula is C17H28N2. The van der Waals surface area contributed by atoms with Gasteiger partial charge in [0.1, 0.15) is 0 Å². The van der Waals surface area contributed by atoms with E-state index in [2.05, 4.69) is 54.4 Å². The predicted octanol–water partition coefficient (Wildman–Crippen LogP) is 3.25. The lowest BCUT2D eigenvalue weighted by Crippen LogP contribution is -2.39. The molecule has 2 unspecified atom stereocenters. The highest BCUT2D eigenvalue weighted by atomic mass is 15.1. The van der Waals surface area contributed by atoms with E-state index >= 15 is 0 Å². The minimum Gasteiger partial charge on any atom is -0.314 e. The second-order valence-corrected chi connectivity index (χ2v) is 5.94. The summed E-state index contributed by atoms with van der Waals surface area (Å²) in [6.07, 6.45) is 3.83. The molecule has 0 amide bonds. The number of nitrogens with one attached hydrogen (secondary N) is 1. The van der Waals surface area contributed by atoms with E-state index in [4.69, 9.17) is 0 Å². The second-order valence-electron chi connectivity index (χ2n) is 5.94. The first-order valence-electron chi connectivity index (χ1n) is 7.76. The van der Waals surface area contributed by atoms with Crippen LogP contribution in [0.1, 0.15) is 44.6 Å². The monoisotopic (exact) mass is 260 g/mol. The minimum atomic E-state index is 0.669. The molecule has 0 aliphatic carbocycles. The van der Waals surface area contributed by atoms with E-state index in [1.165, 1.54) is 51.0 Å². The number of benzene rings is 1. The predicted molar refractivity (Wildman–Crippen MR) is 82.6 cm³/mol. The number of hydrogen-bond acceptors (Lipinski definition) is 2. The van der Waals surface area contributed by atoms with Crippen LogP contribution >= 0.6 is 0 Å². The van der Waals surface area contributed by atoms with Gasteiger partial charge in [-0.25, -0.2) is 0 Å². The molecule has 19 heavy (non-hydrogen) atoms. The highest BCUT2D eigenvalue weighted by Crippen LogP contribution is 2.19. The largest absolute Gasteiger partial charge is 0.314 e. The summed E-state index contributed by atoms with van der Waals surface area (Å²) < 4.78 is 0. The van der Waals surface area contributed by atoms with E-state index in [1.807, 2.05) is 0 Å². The van der Waals surface area contributed by atoms with Gasteiger partial charge >= 0.3 is 0 Å². The summed E-state index contributed by atoms with van der Waals surface area (Å²) in [5.74, 6) is 0.669. The summed E-state index contributed by atoms with van der Waals surface area (Å²) in [5, 5.41) is 3.57. The van der Waals surface area contributed by atoms with Gasteiger partial charge in [0.15, 0.2) is 0 Å². The van der Waals surface area contributed by atoms with Crippen LogP contribution < -0.4 is 5.32 Å². The molecule has 0 bridgehead atoms. The van der Waals surface area contributed by atoms with Crippen LogP contribution in [-0.2, 0) is 0 Å². The van der Waals surface area contributed by atoms with Crippen molar-refractivity contribution >= 4 is 0 Å². The molecule has 1 aliphatic heterocycles. The first-order valence-corrected chi connectivity index (χ1v) is 7.76. The zero-order chi connectivity index (χ0) is 13.5. The molecule has 1 N–H and O–H groups in total. The van der Waals surface area contributed by atoms with Crippen molar-refractivity contribution in [2.75, 3.05) is 26.2 Å². The Kier molecular flexibility index (Phi) is 5.87. The molecule has 1 saturated heterocycles. The lowest BCUT2D eigenvalue weighted by molar-refractivity contribution is 0.230. The number of rotatable bonds is 4. The Bertz CT molecular complexity index is 350. The van der Waals surface area contributed by atoms with E-state index < -0.39 is 0 Å². The van der Waals surface area contributed by atoms with Crippen molar-refractivity contribution in [3.63, 3.8) is 0 Å². The van der Waals surface area contributed by atoms with Crippen LogP contribution in [0.15, 0.2) is 30.3 Å². The van der Waals surface area contributed by atoms with Gasteiger partial charge in [0.2, 0.25) is 0 Å². The summed E-state index contributed by atoms with van der Waals surface area (Å²) in [5.41, 5.74) is 1.48. The highest BCUT2D eigenvalue weighted by Gasteiger charge is 2.13. The van der Waals surface area contributed by atoms with Crippen LogP contribution in [0.4, 0.5) is 0 Å². The van der Waals surface area contributed by atoms with Gasteiger partial charge in [-0.3, -0.25) is 0 Å². The van der Waals surface area contributed by atoms with E-state index in [-0.39, 0.29) is 0 Å². The molecular weight excluding hydrogens is 232 g/mol. The average molecular weight is 260 g/mol. The van der Waals surface area contributed by atoms with Gasteiger partial charge in [-0.15, -0.1) is 0 Å². The zero-order valence-corrected chi connectivity index (χ0v) is 12.4. The van der Waals surface area contributed by atoms with Crippen LogP contribution in [0.3, 0.4) is 0 Å². The second kappa shape index (κ2) is 7.66. The van der Waals surface area contributed by atoms with Gasteiger partial charge in [-0.2, -0.15) is 0 Å². The maximum Gasteiger partial charge on any atom is 0.00509 e. The fourth-order valence-electron chi connectivity index (χ4n) is 2.79.